The Balaban J connectivity index is 1.48. The highest BCUT2D eigenvalue weighted by Gasteiger charge is 2.31. The van der Waals surface area contributed by atoms with Crippen molar-refractivity contribution in [1.29, 1.82) is 0 Å². The van der Waals surface area contributed by atoms with Crippen LogP contribution in [-0.4, -0.2) is 32.4 Å². The smallest absolute Gasteiger partial charge is 0.192 e. The van der Waals surface area contributed by atoms with E-state index in [2.05, 4.69) is 32.3 Å². The fraction of sp³-hybridized carbons (Fsp3) is 0.381. The number of thioether (sulfide) groups is 1. The third kappa shape index (κ3) is 4.31. The molecule has 0 N–H and O–H groups in total. The third-order valence-corrected chi connectivity index (χ3v) is 6.59. The van der Waals surface area contributed by atoms with Crippen LogP contribution in [0.2, 0.25) is 0 Å². The average molecular weight is 414 g/mol. The summed E-state index contributed by atoms with van der Waals surface area (Å²) >= 11 is 3.24. The zero-order valence-corrected chi connectivity index (χ0v) is 17.6. The number of ketones is 1. The van der Waals surface area contributed by atoms with E-state index in [1.54, 1.807) is 11.3 Å². The number of hydrogen-bond donors (Lipinski definition) is 0. The van der Waals surface area contributed by atoms with E-state index in [1.807, 2.05) is 38.1 Å². The summed E-state index contributed by atoms with van der Waals surface area (Å²) in [6, 6.07) is 12.0. The number of nitrogens with zero attached hydrogens (tertiary/aromatic N) is 3. The number of ether oxygens (including phenoxy) is 1. The van der Waals surface area contributed by atoms with E-state index in [0.717, 1.165) is 36.0 Å². The number of carbonyl (C=O) groups is 1. The number of hydrogen-bond acceptors (Lipinski definition) is 6. The van der Waals surface area contributed by atoms with Crippen molar-refractivity contribution >= 4 is 28.9 Å². The SMILES string of the molecule is CCOc1ccc(C(=O)[C@@H](C)Sc2nnc(Cc3cccs3)n2C2CC2)cc1. The Labute approximate surface area is 173 Å². The molecule has 2 heterocycles. The van der Waals surface area contributed by atoms with Gasteiger partial charge in [0, 0.05) is 22.9 Å². The van der Waals surface area contributed by atoms with Crippen LogP contribution in [0.4, 0.5) is 0 Å². The minimum absolute atomic E-state index is 0.0956. The van der Waals surface area contributed by atoms with Gasteiger partial charge in [-0.25, -0.2) is 0 Å². The molecular formula is C21H23N3O2S2. The molecule has 1 aliphatic rings. The van der Waals surface area contributed by atoms with Gasteiger partial charge in [-0.1, -0.05) is 17.8 Å². The van der Waals surface area contributed by atoms with Crippen molar-refractivity contribution in [1.82, 2.24) is 14.8 Å². The normalized spacial score (nSPS) is 14.8. The molecule has 4 rings (SSSR count). The lowest BCUT2D eigenvalue weighted by atomic mass is 10.1. The fourth-order valence-electron chi connectivity index (χ4n) is 3.11. The van der Waals surface area contributed by atoms with Gasteiger partial charge >= 0.3 is 0 Å². The lowest BCUT2D eigenvalue weighted by Gasteiger charge is -2.12. The first kappa shape index (κ1) is 19.2. The van der Waals surface area contributed by atoms with Gasteiger partial charge in [-0.2, -0.15) is 0 Å². The maximum atomic E-state index is 12.9. The van der Waals surface area contributed by atoms with Crippen molar-refractivity contribution in [3.05, 3.63) is 58.0 Å². The van der Waals surface area contributed by atoms with Gasteiger partial charge in [0.15, 0.2) is 10.9 Å². The van der Waals surface area contributed by atoms with Gasteiger partial charge in [-0.3, -0.25) is 4.79 Å². The molecule has 1 fully saturated rings. The predicted octanol–water partition coefficient (Wildman–Crippen LogP) is 5.03. The molecule has 0 unspecified atom stereocenters. The van der Waals surface area contributed by atoms with E-state index < -0.39 is 0 Å². The molecule has 1 aliphatic carbocycles. The molecule has 7 heteroatoms. The van der Waals surface area contributed by atoms with Gasteiger partial charge < -0.3 is 9.30 Å². The Morgan fingerprint density at radius 3 is 2.71 bits per heavy atom. The first-order chi connectivity index (χ1) is 13.7. The van der Waals surface area contributed by atoms with E-state index in [0.29, 0.717) is 18.2 Å². The molecule has 28 heavy (non-hydrogen) atoms. The van der Waals surface area contributed by atoms with Crippen LogP contribution in [0.25, 0.3) is 0 Å². The number of Topliss-reactive ketones (excluding diaryl/α,β-unsaturated/α-hetero) is 1. The van der Waals surface area contributed by atoms with E-state index in [4.69, 9.17) is 4.74 Å². The second kappa shape index (κ2) is 8.49. The zero-order chi connectivity index (χ0) is 19.5. The van der Waals surface area contributed by atoms with Crippen molar-refractivity contribution in [3.8, 4) is 5.75 Å². The van der Waals surface area contributed by atoms with E-state index >= 15 is 0 Å². The van der Waals surface area contributed by atoms with Crippen LogP contribution in [0, 0.1) is 0 Å². The standard InChI is InChI=1S/C21H23N3O2S2/c1-3-26-17-10-6-15(7-11-17)20(25)14(2)28-21-23-22-19(24(21)16-8-9-16)13-18-5-4-12-27-18/h4-7,10-12,14,16H,3,8-9,13H2,1-2H3/t14-/m1/s1. The molecule has 1 aromatic carbocycles. The number of rotatable bonds is 9. The second-order valence-electron chi connectivity index (χ2n) is 6.84. The summed E-state index contributed by atoms with van der Waals surface area (Å²) in [6.45, 7) is 4.50. The minimum atomic E-state index is -0.228. The Morgan fingerprint density at radius 2 is 2.07 bits per heavy atom. The Hall–Kier alpha value is -2.12. The maximum Gasteiger partial charge on any atom is 0.192 e. The highest BCUT2D eigenvalue weighted by atomic mass is 32.2. The van der Waals surface area contributed by atoms with Gasteiger partial charge in [0.05, 0.1) is 11.9 Å². The van der Waals surface area contributed by atoms with Crippen LogP contribution >= 0.6 is 23.1 Å². The molecule has 0 saturated heterocycles. The van der Waals surface area contributed by atoms with E-state index in [1.165, 1.54) is 16.6 Å². The summed E-state index contributed by atoms with van der Waals surface area (Å²) in [6.07, 6.45) is 3.11. The predicted molar refractivity (Wildman–Crippen MR) is 113 cm³/mol. The summed E-state index contributed by atoms with van der Waals surface area (Å²) < 4.78 is 7.70. The molecule has 0 spiro atoms. The van der Waals surface area contributed by atoms with E-state index in [9.17, 15) is 4.79 Å². The van der Waals surface area contributed by atoms with Gasteiger partial charge in [0.2, 0.25) is 0 Å². The van der Waals surface area contributed by atoms with Crippen LogP contribution in [0.1, 0.15) is 53.8 Å². The van der Waals surface area contributed by atoms with Gasteiger partial charge in [0.25, 0.3) is 0 Å². The Kier molecular flexibility index (Phi) is 5.82. The summed E-state index contributed by atoms with van der Waals surface area (Å²) in [7, 11) is 0. The van der Waals surface area contributed by atoms with Crippen molar-refractivity contribution in [3.63, 3.8) is 0 Å². The molecule has 2 aromatic heterocycles. The van der Waals surface area contributed by atoms with Gasteiger partial charge in [-0.05, 0) is 62.4 Å². The fourth-order valence-corrected chi connectivity index (χ4v) is 4.82. The third-order valence-electron chi connectivity index (χ3n) is 4.66. The second-order valence-corrected chi connectivity index (χ2v) is 9.18. The molecule has 0 aliphatic heterocycles. The molecule has 1 atom stereocenters. The van der Waals surface area contributed by atoms with Crippen LogP contribution in [-0.2, 0) is 6.42 Å². The zero-order valence-electron chi connectivity index (χ0n) is 16.0. The first-order valence-electron chi connectivity index (χ1n) is 9.55. The van der Waals surface area contributed by atoms with Crippen LogP contribution in [0.3, 0.4) is 0 Å². The van der Waals surface area contributed by atoms with Crippen LogP contribution < -0.4 is 4.74 Å². The molecule has 0 bridgehead atoms. The lowest BCUT2D eigenvalue weighted by molar-refractivity contribution is 0.0994. The Bertz CT molecular complexity index is 931. The highest BCUT2D eigenvalue weighted by molar-refractivity contribution is 8.00. The summed E-state index contributed by atoms with van der Waals surface area (Å²) in [5.74, 6) is 1.87. The first-order valence-corrected chi connectivity index (χ1v) is 11.3. The van der Waals surface area contributed by atoms with Crippen LogP contribution in [0.5, 0.6) is 5.75 Å². The molecular weight excluding hydrogens is 390 g/mol. The number of benzene rings is 1. The molecule has 3 aromatic rings. The maximum absolute atomic E-state index is 12.9. The number of carbonyl (C=O) groups excluding carboxylic acids is 1. The molecule has 0 radical (unpaired) electrons. The summed E-state index contributed by atoms with van der Waals surface area (Å²) in [5, 5.41) is 11.6. The number of aromatic nitrogens is 3. The van der Waals surface area contributed by atoms with Gasteiger partial charge in [0.1, 0.15) is 11.6 Å². The van der Waals surface area contributed by atoms with Crippen molar-refractivity contribution < 1.29 is 9.53 Å². The molecule has 1 saturated carbocycles. The molecule has 5 nitrogen and oxygen atoms in total. The largest absolute Gasteiger partial charge is 0.494 e. The Morgan fingerprint density at radius 1 is 1.29 bits per heavy atom. The molecule has 0 amide bonds. The summed E-state index contributed by atoms with van der Waals surface area (Å²) in [4.78, 5) is 14.1. The molecule has 146 valence electrons. The topological polar surface area (TPSA) is 57.0 Å². The lowest BCUT2D eigenvalue weighted by Crippen LogP contribution is -2.15. The van der Waals surface area contributed by atoms with E-state index in [-0.39, 0.29) is 11.0 Å². The van der Waals surface area contributed by atoms with Crippen molar-refractivity contribution in [2.45, 2.75) is 49.6 Å². The van der Waals surface area contributed by atoms with Crippen molar-refractivity contribution in [2.75, 3.05) is 6.61 Å². The number of thiophene rings is 1. The highest BCUT2D eigenvalue weighted by Crippen LogP contribution is 2.40. The summed E-state index contributed by atoms with van der Waals surface area (Å²) in [5.41, 5.74) is 0.694. The van der Waals surface area contributed by atoms with Crippen molar-refractivity contribution in [2.24, 2.45) is 0 Å². The monoisotopic (exact) mass is 413 g/mol. The minimum Gasteiger partial charge on any atom is -0.494 e. The van der Waals surface area contributed by atoms with Gasteiger partial charge in [-0.15, -0.1) is 21.5 Å². The van der Waals surface area contributed by atoms with Crippen LogP contribution in [0.15, 0.2) is 46.9 Å². The quantitative estimate of drug-likeness (QED) is 0.364. The average Bonchev–Trinajstić information content (AvgIpc) is 3.26.